The van der Waals surface area contributed by atoms with Crippen LogP contribution < -0.4 is 15.8 Å². The van der Waals surface area contributed by atoms with E-state index in [-0.39, 0.29) is 17.3 Å². The third-order valence-corrected chi connectivity index (χ3v) is 10.4. The predicted octanol–water partition coefficient (Wildman–Crippen LogP) is 5.26. The zero-order valence-electron chi connectivity index (χ0n) is 24.2. The smallest absolute Gasteiger partial charge is 0.266 e. The number of nitriles is 2. The number of carbonyl (C=O) groups excluding carboxylic acids is 1. The first-order valence-electron chi connectivity index (χ1n) is 14.8. The Labute approximate surface area is 267 Å². The molecule has 0 saturated carbocycles. The minimum absolute atomic E-state index is 0.220. The van der Waals surface area contributed by atoms with Crippen molar-refractivity contribution in [3.05, 3.63) is 134 Å². The Balaban J connectivity index is 1.56. The van der Waals surface area contributed by atoms with E-state index in [4.69, 9.17) is 4.98 Å². The summed E-state index contributed by atoms with van der Waals surface area (Å²) in [7, 11) is 0. The van der Waals surface area contributed by atoms with Crippen LogP contribution in [0.4, 0.5) is 5.69 Å². The van der Waals surface area contributed by atoms with Gasteiger partial charge in [-0.1, -0.05) is 76.6 Å². The van der Waals surface area contributed by atoms with Gasteiger partial charge < -0.3 is 4.90 Å². The summed E-state index contributed by atoms with van der Waals surface area (Å²) in [6.07, 6.45) is 0.340. The number of para-hydroxylation sites is 2. The summed E-state index contributed by atoms with van der Waals surface area (Å²) in [5.74, 6) is -0.102. The number of fused-ring (bicyclic) bond motifs is 8. The molecule has 0 radical (unpaired) electrons. The van der Waals surface area contributed by atoms with Gasteiger partial charge in [-0.2, -0.15) is 10.5 Å². The zero-order valence-corrected chi connectivity index (χ0v) is 25.7. The topological polar surface area (TPSA) is 115 Å². The lowest BCUT2D eigenvalue weighted by atomic mass is 9.53. The highest BCUT2D eigenvalue weighted by Gasteiger charge is 2.82. The van der Waals surface area contributed by atoms with Gasteiger partial charge in [0.05, 0.1) is 28.7 Å². The molecule has 2 unspecified atom stereocenters. The van der Waals surface area contributed by atoms with E-state index in [0.717, 1.165) is 5.56 Å². The Morgan fingerprint density at radius 3 is 2.36 bits per heavy atom. The highest BCUT2D eigenvalue weighted by molar-refractivity contribution is 9.10. The highest BCUT2D eigenvalue weighted by Crippen LogP contribution is 2.68. The fourth-order valence-electron chi connectivity index (χ4n) is 8.19. The van der Waals surface area contributed by atoms with E-state index in [2.05, 4.69) is 33.4 Å². The molecule has 9 heteroatoms. The average Bonchev–Trinajstić information content (AvgIpc) is 3.60. The van der Waals surface area contributed by atoms with Gasteiger partial charge in [0.25, 0.3) is 5.56 Å². The first-order valence-corrected chi connectivity index (χ1v) is 15.6. The molecule has 218 valence electrons. The molecule has 3 aliphatic heterocycles. The Morgan fingerprint density at radius 2 is 1.60 bits per heavy atom. The number of benzene rings is 4. The van der Waals surface area contributed by atoms with Crippen LogP contribution in [0.2, 0.25) is 0 Å². The van der Waals surface area contributed by atoms with Crippen molar-refractivity contribution in [1.29, 1.82) is 10.5 Å². The van der Waals surface area contributed by atoms with E-state index in [0.29, 0.717) is 50.8 Å². The molecule has 8 rings (SSSR count). The van der Waals surface area contributed by atoms with Gasteiger partial charge in [0.1, 0.15) is 16.8 Å². The largest absolute Gasteiger partial charge is 0.311 e. The predicted molar refractivity (Wildman–Crippen MR) is 173 cm³/mol. The van der Waals surface area contributed by atoms with Gasteiger partial charge in [0.15, 0.2) is 5.41 Å². The molecule has 4 aromatic carbocycles. The standard InChI is InChI=1S/C36H25BrN6O2/c1-2-42-28-15-9-7-13-25(28)35(33(42)45)30(18-22-10-4-3-5-11-22)41-36(34(35,20-38)21-39)26-19-23(37)16-17-29(26)43-31(44)24-12-6-8-14-27(24)40-32(36)43/h3-17,19,30,41H,2,18H2,1H3/t30?,35-,36?/m0/s1. The second-order valence-electron chi connectivity index (χ2n) is 11.7. The molecule has 0 bridgehead atoms. The van der Waals surface area contributed by atoms with E-state index in [1.807, 2.05) is 73.7 Å². The van der Waals surface area contributed by atoms with Crippen LogP contribution in [-0.4, -0.2) is 28.0 Å². The van der Waals surface area contributed by atoms with Crippen molar-refractivity contribution < 1.29 is 4.79 Å². The van der Waals surface area contributed by atoms with Crippen molar-refractivity contribution in [2.24, 2.45) is 5.41 Å². The Hall–Kier alpha value is -5.09. The molecule has 1 aromatic heterocycles. The van der Waals surface area contributed by atoms with Gasteiger partial charge in [-0.05, 0) is 60.9 Å². The maximum atomic E-state index is 15.1. The molecule has 3 aliphatic rings. The van der Waals surface area contributed by atoms with Gasteiger partial charge in [-0.3, -0.25) is 19.5 Å². The summed E-state index contributed by atoms with van der Waals surface area (Å²) in [6, 6.07) is 33.9. The summed E-state index contributed by atoms with van der Waals surface area (Å²) in [5.41, 5.74) is -1.98. The first-order chi connectivity index (χ1) is 21.9. The summed E-state index contributed by atoms with van der Waals surface area (Å²) in [4.78, 5) is 36.2. The molecular formula is C36H25BrN6O2. The van der Waals surface area contributed by atoms with Crippen molar-refractivity contribution in [2.75, 3.05) is 11.4 Å². The quantitative estimate of drug-likeness (QED) is 0.284. The molecule has 0 aliphatic carbocycles. The fourth-order valence-corrected chi connectivity index (χ4v) is 8.56. The van der Waals surface area contributed by atoms with Crippen LogP contribution in [0.5, 0.6) is 0 Å². The van der Waals surface area contributed by atoms with Gasteiger partial charge in [0.2, 0.25) is 5.91 Å². The number of likely N-dealkylation sites (N-methyl/N-ethyl adjacent to an activating group) is 1. The molecule has 1 N–H and O–H groups in total. The maximum absolute atomic E-state index is 15.1. The second kappa shape index (κ2) is 9.45. The molecule has 1 amide bonds. The molecule has 45 heavy (non-hydrogen) atoms. The number of rotatable bonds is 3. The SMILES string of the molecule is CCN1C(=O)[C@]2(c3ccccc31)C(Cc1ccccc1)NC1(c3cc(Br)ccc3-n3c1nc1ccccc1c3=O)C2(C#N)C#N. The van der Waals surface area contributed by atoms with Crippen LogP contribution in [0, 0.1) is 28.1 Å². The third-order valence-electron chi connectivity index (χ3n) is 9.92. The van der Waals surface area contributed by atoms with Gasteiger partial charge in [-0.25, -0.2) is 4.98 Å². The highest BCUT2D eigenvalue weighted by atomic mass is 79.9. The number of hydrogen-bond acceptors (Lipinski definition) is 6. The Bertz CT molecular complexity index is 2220. The van der Waals surface area contributed by atoms with Crippen molar-refractivity contribution in [3.8, 4) is 17.8 Å². The van der Waals surface area contributed by atoms with Crippen LogP contribution in [0.25, 0.3) is 16.6 Å². The van der Waals surface area contributed by atoms with Crippen LogP contribution in [0.3, 0.4) is 0 Å². The molecule has 5 aromatic rings. The molecule has 4 heterocycles. The van der Waals surface area contributed by atoms with Crippen LogP contribution in [0.15, 0.2) is 106 Å². The monoisotopic (exact) mass is 652 g/mol. The summed E-state index contributed by atoms with van der Waals surface area (Å²) < 4.78 is 2.22. The van der Waals surface area contributed by atoms with Crippen LogP contribution in [0.1, 0.15) is 29.4 Å². The number of nitrogens with one attached hydrogen (secondary N) is 1. The molecule has 8 nitrogen and oxygen atoms in total. The van der Waals surface area contributed by atoms with E-state index in [1.54, 1.807) is 35.2 Å². The van der Waals surface area contributed by atoms with Crippen LogP contribution in [-0.2, 0) is 22.2 Å². The van der Waals surface area contributed by atoms with Crippen molar-refractivity contribution in [2.45, 2.75) is 30.3 Å². The number of hydrogen-bond donors (Lipinski definition) is 1. The summed E-state index contributed by atoms with van der Waals surface area (Å²) in [5, 5.41) is 27.3. The maximum Gasteiger partial charge on any atom is 0.266 e. The third kappa shape index (κ3) is 3.09. The zero-order chi connectivity index (χ0) is 31.1. The van der Waals surface area contributed by atoms with E-state index >= 15 is 4.79 Å². The second-order valence-corrected chi connectivity index (χ2v) is 12.7. The normalized spacial score (nSPS) is 23.6. The number of nitrogens with zero attached hydrogens (tertiary/aromatic N) is 5. The van der Waals surface area contributed by atoms with E-state index in [1.165, 1.54) is 4.57 Å². The Morgan fingerprint density at radius 1 is 0.889 bits per heavy atom. The average molecular weight is 654 g/mol. The number of halogens is 1. The number of aromatic nitrogens is 2. The number of carbonyl (C=O) groups is 1. The van der Waals surface area contributed by atoms with E-state index < -0.39 is 22.4 Å². The summed E-state index contributed by atoms with van der Waals surface area (Å²) in [6.45, 7) is 2.25. The van der Waals surface area contributed by atoms with E-state index in [9.17, 15) is 15.3 Å². The van der Waals surface area contributed by atoms with Gasteiger partial charge >= 0.3 is 0 Å². The van der Waals surface area contributed by atoms with Crippen LogP contribution >= 0.6 is 15.9 Å². The minimum Gasteiger partial charge on any atom is -0.311 e. The lowest BCUT2D eigenvalue weighted by molar-refractivity contribution is -0.125. The Kier molecular flexibility index (Phi) is 5.77. The molecule has 2 spiro atoms. The fraction of sp³-hybridized carbons (Fsp3) is 0.194. The lowest BCUT2D eigenvalue weighted by Crippen LogP contribution is -2.58. The first kappa shape index (κ1) is 27.5. The molecular weight excluding hydrogens is 628 g/mol. The van der Waals surface area contributed by atoms with Crippen molar-refractivity contribution in [3.63, 3.8) is 0 Å². The minimum atomic E-state index is -2.08. The molecule has 3 atom stereocenters. The van der Waals surface area contributed by atoms with Gasteiger partial charge in [-0.15, -0.1) is 0 Å². The molecule has 1 saturated heterocycles. The number of amides is 1. The summed E-state index contributed by atoms with van der Waals surface area (Å²) >= 11 is 3.61. The number of anilines is 1. The van der Waals surface area contributed by atoms with Gasteiger partial charge in [0, 0.05) is 28.3 Å². The molecule has 1 fully saturated rings. The van der Waals surface area contributed by atoms with Crippen molar-refractivity contribution in [1.82, 2.24) is 14.9 Å². The lowest BCUT2D eigenvalue weighted by Gasteiger charge is -2.40. The van der Waals surface area contributed by atoms with Crippen molar-refractivity contribution >= 4 is 38.4 Å².